The van der Waals surface area contributed by atoms with Gasteiger partial charge in [0.1, 0.15) is 23.2 Å². The molecule has 1 unspecified atom stereocenters. The van der Waals surface area contributed by atoms with Crippen molar-refractivity contribution < 1.29 is 9.21 Å². The van der Waals surface area contributed by atoms with E-state index in [9.17, 15) is 10.1 Å². The first-order valence-electron chi connectivity index (χ1n) is 9.94. The second kappa shape index (κ2) is 8.53. The molecular formula is C25H15Cl2N3O2S. The van der Waals surface area contributed by atoms with Crippen LogP contribution in [0.3, 0.4) is 0 Å². The number of hydrogen-bond acceptors (Lipinski definition) is 5. The number of furan rings is 1. The van der Waals surface area contributed by atoms with Gasteiger partial charge in [-0.05, 0) is 41.8 Å². The van der Waals surface area contributed by atoms with E-state index in [1.807, 2.05) is 48.5 Å². The molecule has 4 aromatic rings. The molecule has 0 radical (unpaired) electrons. The SMILES string of the molecule is N#CC1=C(S)N(c2cccc3ccccc23)C(c2ccc(-c3cc(Cl)ccc3Cl)o2)NC1=O. The summed E-state index contributed by atoms with van der Waals surface area (Å²) in [6, 6.07) is 24.3. The topological polar surface area (TPSA) is 69.3 Å². The molecule has 0 aliphatic carbocycles. The van der Waals surface area contributed by atoms with Crippen molar-refractivity contribution >= 4 is 58.2 Å². The molecule has 0 bridgehead atoms. The summed E-state index contributed by atoms with van der Waals surface area (Å²) in [4.78, 5) is 14.5. The van der Waals surface area contributed by atoms with E-state index in [0.717, 1.165) is 16.5 Å². The number of thiol groups is 1. The van der Waals surface area contributed by atoms with E-state index in [1.54, 1.807) is 35.2 Å². The molecule has 0 saturated heterocycles. The number of nitrogens with one attached hydrogen (secondary N) is 1. The summed E-state index contributed by atoms with van der Waals surface area (Å²) in [5.74, 6) is 0.425. The van der Waals surface area contributed by atoms with Gasteiger partial charge in [0.05, 0.1) is 15.7 Å². The van der Waals surface area contributed by atoms with Crippen LogP contribution in [0, 0.1) is 11.3 Å². The molecule has 5 rings (SSSR count). The zero-order valence-electron chi connectivity index (χ0n) is 16.9. The van der Waals surface area contributed by atoms with Crippen LogP contribution in [0.15, 0.2) is 87.8 Å². The molecule has 0 spiro atoms. The van der Waals surface area contributed by atoms with E-state index < -0.39 is 12.1 Å². The standard InChI is InChI=1S/C25H15Cl2N3O2S/c26-15-8-9-19(27)17(12-15)21-10-11-22(32-21)23-29-24(31)18(13-28)25(33)30(23)20-7-3-5-14-4-1-2-6-16(14)20/h1-12,23,33H,(H,29,31). The van der Waals surface area contributed by atoms with Crippen LogP contribution in [-0.2, 0) is 4.79 Å². The Hall–Kier alpha value is -3.37. The lowest BCUT2D eigenvalue weighted by Crippen LogP contribution is -2.46. The lowest BCUT2D eigenvalue weighted by Gasteiger charge is -2.37. The van der Waals surface area contributed by atoms with Crippen molar-refractivity contribution in [3.05, 3.63) is 99.2 Å². The molecule has 162 valence electrons. The highest BCUT2D eigenvalue weighted by atomic mass is 35.5. The molecule has 0 fully saturated rings. The summed E-state index contributed by atoms with van der Waals surface area (Å²) in [6.45, 7) is 0. The normalized spacial score (nSPS) is 16.1. The maximum absolute atomic E-state index is 12.7. The smallest absolute Gasteiger partial charge is 0.266 e. The van der Waals surface area contributed by atoms with Crippen LogP contribution in [0.2, 0.25) is 10.0 Å². The Morgan fingerprint density at radius 2 is 1.82 bits per heavy atom. The van der Waals surface area contributed by atoms with Gasteiger partial charge >= 0.3 is 0 Å². The number of nitriles is 1. The number of nitrogens with zero attached hydrogens (tertiary/aromatic N) is 2. The summed E-state index contributed by atoms with van der Waals surface area (Å²) >= 11 is 17.1. The summed E-state index contributed by atoms with van der Waals surface area (Å²) in [7, 11) is 0. The van der Waals surface area contributed by atoms with E-state index in [2.05, 4.69) is 17.9 Å². The average Bonchev–Trinajstić information content (AvgIpc) is 3.30. The molecule has 0 saturated carbocycles. The minimum absolute atomic E-state index is 0.0767. The average molecular weight is 492 g/mol. The quantitative estimate of drug-likeness (QED) is 0.312. The van der Waals surface area contributed by atoms with E-state index in [4.69, 9.17) is 27.6 Å². The second-order valence-electron chi connectivity index (χ2n) is 7.38. The Morgan fingerprint density at radius 3 is 2.64 bits per heavy atom. The zero-order chi connectivity index (χ0) is 23.1. The highest BCUT2D eigenvalue weighted by molar-refractivity contribution is 7.84. The number of hydrogen-bond donors (Lipinski definition) is 2. The number of carbonyl (C=O) groups is 1. The Morgan fingerprint density at radius 1 is 1.03 bits per heavy atom. The number of carbonyl (C=O) groups excluding carboxylic acids is 1. The third-order valence-corrected chi connectivity index (χ3v) is 6.44. The maximum atomic E-state index is 12.7. The molecule has 8 heteroatoms. The number of fused-ring (bicyclic) bond motifs is 1. The second-order valence-corrected chi connectivity index (χ2v) is 8.65. The van der Waals surface area contributed by atoms with Gasteiger partial charge in [0.15, 0.2) is 6.17 Å². The fourth-order valence-corrected chi connectivity index (χ4v) is 4.66. The van der Waals surface area contributed by atoms with Crippen molar-refractivity contribution in [2.75, 3.05) is 4.90 Å². The molecule has 1 N–H and O–H groups in total. The zero-order valence-corrected chi connectivity index (χ0v) is 19.3. The van der Waals surface area contributed by atoms with Crippen molar-refractivity contribution in [1.29, 1.82) is 5.26 Å². The van der Waals surface area contributed by atoms with Gasteiger partial charge in [0.2, 0.25) is 0 Å². The monoisotopic (exact) mass is 491 g/mol. The minimum atomic E-state index is -0.736. The van der Waals surface area contributed by atoms with Crippen LogP contribution in [0.25, 0.3) is 22.1 Å². The molecule has 2 heterocycles. The molecular weight excluding hydrogens is 477 g/mol. The number of benzene rings is 3. The third kappa shape index (κ3) is 3.75. The molecule has 1 aliphatic heterocycles. The van der Waals surface area contributed by atoms with Gasteiger partial charge in [-0.25, -0.2) is 0 Å². The summed E-state index contributed by atoms with van der Waals surface area (Å²) in [6.07, 6.45) is -0.736. The number of rotatable bonds is 3. The van der Waals surface area contributed by atoms with Gasteiger partial charge in [0, 0.05) is 16.0 Å². The highest BCUT2D eigenvalue weighted by Crippen LogP contribution is 2.41. The van der Waals surface area contributed by atoms with Crippen molar-refractivity contribution in [2.24, 2.45) is 0 Å². The summed E-state index contributed by atoms with van der Waals surface area (Å²) in [5.41, 5.74) is 1.33. The van der Waals surface area contributed by atoms with Crippen LogP contribution in [0.1, 0.15) is 11.9 Å². The third-order valence-electron chi connectivity index (χ3n) is 5.43. The van der Waals surface area contributed by atoms with Gasteiger partial charge in [-0.2, -0.15) is 5.26 Å². The van der Waals surface area contributed by atoms with E-state index in [0.29, 0.717) is 27.1 Å². The number of amides is 1. The fraction of sp³-hybridized carbons (Fsp3) is 0.0400. The molecule has 33 heavy (non-hydrogen) atoms. The van der Waals surface area contributed by atoms with Crippen LogP contribution < -0.4 is 10.2 Å². The van der Waals surface area contributed by atoms with Gasteiger partial charge < -0.3 is 14.6 Å². The molecule has 1 atom stereocenters. The Balaban J connectivity index is 1.67. The van der Waals surface area contributed by atoms with E-state index in [1.165, 1.54) is 0 Å². The summed E-state index contributed by atoms with van der Waals surface area (Å²) < 4.78 is 6.14. The maximum Gasteiger partial charge on any atom is 0.266 e. The fourth-order valence-electron chi connectivity index (χ4n) is 3.91. The Bertz CT molecular complexity index is 1480. The lowest BCUT2D eigenvalue weighted by atomic mass is 10.1. The van der Waals surface area contributed by atoms with Crippen LogP contribution >= 0.6 is 35.8 Å². The Kier molecular flexibility index (Phi) is 5.55. The van der Waals surface area contributed by atoms with Crippen molar-refractivity contribution in [1.82, 2.24) is 5.32 Å². The predicted octanol–water partition coefficient (Wildman–Crippen LogP) is 6.71. The van der Waals surface area contributed by atoms with Crippen molar-refractivity contribution in [3.8, 4) is 17.4 Å². The molecule has 5 nitrogen and oxygen atoms in total. The molecule has 3 aromatic carbocycles. The van der Waals surface area contributed by atoms with Gasteiger partial charge in [-0.3, -0.25) is 4.79 Å². The van der Waals surface area contributed by atoms with Crippen LogP contribution in [0.5, 0.6) is 0 Å². The number of halogens is 2. The molecule has 1 aliphatic rings. The number of anilines is 1. The molecule has 1 amide bonds. The van der Waals surface area contributed by atoms with Gasteiger partial charge in [0.25, 0.3) is 5.91 Å². The van der Waals surface area contributed by atoms with Gasteiger partial charge in [-0.15, -0.1) is 12.6 Å². The van der Waals surface area contributed by atoms with E-state index >= 15 is 0 Å². The first-order chi connectivity index (χ1) is 16.0. The Labute approximate surface area is 205 Å². The first kappa shape index (κ1) is 21.5. The predicted molar refractivity (Wildman–Crippen MR) is 133 cm³/mol. The molecule has 1 aromatic heterocycles. The largest absolute Gasteiger partial charge is 0.457 e. The van der Waals surface area contributed by atoms with Crippen molar-refractivity contribution in [3.63, 3.8) is 0 Å². The van der Waals surface area contributed by atoms with E-state index in [-0.39, 0.29) is 10.6 Å². The summed E-state index contributed by atoms with van der Waals surface area (Å²) in [5, 5.41) is 15.7. The van der Waals surface area contributed by atoms with Gasteiger partial charge in [-0.1, -0.05) is 59.6 Å². The lowest BCUT2D eigenvalue weighted by molar-refractivity contribution is -0.118. The van der Waals surface area contributed by atoms with Crippen LogP contribution in [-0.4, -0.2) is 5.91 Å². The van der Waals surface area contributed by atoms with Crippen molar-refractivity contribution in [2.45, 2.75) is 6.17 Å². The van der Waals surface area contributed by atoms with Crippen LogP contribution in [0.4, 0.5) is 5.69 Å². The highest BCUT2D eigenvalue weighted by Gasteiger charge is 2.36. The first-order valence-corrected chi connectivity index (χ1v) is 11.1. The minimum Gasteiger partial charge on any atom is -0.457 e.